The number of benzene rings is 2. The van der Waals surface area contributed by atoms with Crippen molar-refractivity contribution >= 4 is 28.8 Å². The van der Waals surface area contributed by atoms with Gasteiger partial charge in [0.05, 0.1) is 11.4 Å². The maximum Gasteiger partial charge on any atom is 0.167 e. The first kappa shape index (κ1) is 23.9. The average Bonchev–Trinajstić information content (AvgIpc) is 2.97. The van der Waals surface area contributed by atoms with Gasteiger partial charge in [-0.3, -0.25) is 9.69 Å². The van der Waals surface area contributed by atoms with Gasteiger partial charge in [0.1, 0.15) is 23.3 Å². The monoisotopic (exact) mass is 492 g/mol. The fraction of sp³-hybridized carbons (Fsp3) is 0.286. The predicted molar refractivity (Wildman–Crippen MR) is 135 cm³/mol. The van der Waals surface area contributed by atoms with Crippen LogP contribution in [0.2, 0.25) is 0 Å². The Morgan fingerprint density at radius 2 is 1.53 bits per heavy atom. The largest absolute Gasteiger partial charge is 0.354 e. The van der Waals surface area contributed by atoms with Crippen LogP contribution in [0.3, 0.4) is 0 Å². The van der Waals surface area contributed by atoms with Crippen LogP contribution < -0.4 is 15.1 Å². The number of aromatic nitrogens is 1. The minimum atomic E-state index is -0.552. The average molecular weight is 493 g/mol. The second-order valence-electron chi connectivity index (χ2n) is 9.40. The fourth-order valence-electron chi connectivity index (χ4n) is 4.73. The number of nitrogens with zero attached hydrogens (tertiary/aromatic N) is 3. The van der Waals surface area contributed by atoms with E-state index in [4.69, 9.17) is 0 Å². The van der Waals surface area contributed by atoms with Gasteiger partial charge < -0.3 is 10.2 Å². The van der Waals surface area contributed by atoms with Crippen LogP contribution in [0.15, 0.2) is 54.4 Å². The summed E-state index contributed by atoms with van der Waals surface area (Å²) in [4.78, 5) is 20.9. The molecule has 1 fully saturated rings. The number of hydrogen-bond acceptors (Lipinski definition) is 5. The highest BCUT2D eigenvalue weighted by Gasteiger charge is 2.30. The molecular weight excluding hydrogens is 465 g/mol. The Bertz CT molecular complexity index is 1370. The lowest BCUT2D eigenvalue weighted by atomic mass is 10.1. The number of fused-ring (bicyclic) bond motifs is 1. The number of carbonyl (C=O) groups excluding carboxylic acids is 1. The molecule has 0 bridgehead atoms. The van der Waals surface area contributed by atoms with E-state index in [9.17, 15) is 9.18 Å². The van der Waals surface area contributed by atoms with Crippen molar-refractivity contribution in [3.8, 4) is 0 Å². The smallest absolute Gasteiger partial charge is 0.167 e. The molecule has 186 valence electrons. The number of nitrogens with one attached hydrogen (secondary N) is 1. The Balaban J connectivity index is 1.71. The lowest BCUT2D eigenvalue weighted by molar-refractivity contribution is -0.114. The van der Waals surface area contributed by atoms with Crippen LogP contribution in [-0.4, -0.2) is 23.9 Å². The van der Waals surface area contributed by atoms with Crippen LogP contribution in [-0.2, 0) is 11.2 Å². The van der Waals surface area contributed by atoms with Crippen molar-refractivity contribution in [2.24, 2.45) is 0 Å². The molecule has 5 rings (SSSR count). The molecule has 0 spiro atoms. The van der Waals surface area contributed by atoms with Crippen LogP contribution in [0.1, 0.15) is 36.0 Å². The molecule has 1 saturated heterocycles. The minimum absolute atomic E-state index is 0.120. The third kappa shape index (κ3) is 4.67. The lowest BCUT2D eigenvalue weighted by Gasteiger charge is -2.32. The Kier molecular flexibility index (Phi) is 6.43. The number of rotatable bonds is 4. The van der Waals surface area contributed by atoms with E-state index in [0.29, 0.717) is 18.7 Å². The molecule has 0 saturated carbocycles. The Morgan fingerprint density at radius 1 is 0.833 bits per heavy atom. The van der Waals surface area contributed by atoms with Gasteiger partial charge in [-0.15, -0.1) is 0 Å². The van der Waals surface area contributed by atoms with Gasteiger partial charge in [-0.1, -0.05) is 12.1 Å². The molecule has 0 aliphatic carbocycles. The van der Waals surface area contributed by atoms with Crippen LogP contribution >= 0.6 is 0 Å². The first-order chi connectivity index (χ1) is 17.3. The number of ketones is 1. The highest BCUT2D eigenvalue weighted by molar-refractivity contribution is 5.97. The van der Waals surface area contributed by atoms with E-state index in [0.717, 1.165) is 30.4 Å². The molecule has 0 atom stereocenters. The molecule has 0 unspecified atom stereocenters. The molecule has 2 aromatic carbocycles. The van der Waals surface area contributed by atoms with Gasteiger partial charge in [-0.05, 0) is 74.6 Å². The third-order valence-corrected chi connectivity index (χ3v) is 6.51. The van der Waals surface area contributed by atoms with Gasteiger partial charge in [-0.25, -0.2) is 18.2 Å². The standard InChI is InChI=1S/C28H27F3N4O/c1-17-6-8-21(29)24(12-17)32-26-16-20(36)14-19-15-23(31)28(34-10-4-3-5-11-34)33-27(19)35(26)25-13-18(2)7-9-22(25)30/h6-9,12-13,15-16,32H,3-5,10-11,14H2,1-2H3. The highest BCUT2D eigenvalue weighted by Crippen LogP contribution is 2.39. The van der Waals surface area contributed by atoms with Crippen molar-refractivity contribution < 1.29 is 18.0 Å². The normalized spacial score (nSPS) is 15.9. The third-order valence-electron chi connectivity index (χ3n) is 6.51. The molecule has 8 heteroatoms. The van der Waals surface area contributed by atoms with Gasteiger partial charge in [0.2, 0.25) is 0 Å². The lowest BCUT2D eigenvalue weighted by Crippen LogP contribution is -2.32. The van der Waals surface area contributed by atoms with Crippen LogP contribution in [0.5, 0.6) is 0 Å². The summed E-state index contributed by atoms with van der Waals surface area (Å²) in [6.07, 6.45) is 4.09. The molecule has 1 aromatic heterocycles. The summed E-state index contributed by atoms with van der Waals surface area (Å²) in [6, 6.07) is 10.5. The Morgan fingerprint density at radius 3 is 2.28 bits per heavy atom. The summed E-state index contributed by atoms with van der Waals surface area (Å²) in [5, 5.41) is 2.99. The van der Waals surface area contributed by atoms with Gasteiger partial charge in [-0.2, -0.15) is 0 Å². The number of pyridine rings is 1. The van der Waals surface area contributed by atoms with Crippen molar-refractivity contribution in [3.63, 3.8) is 0 Å². The van der Waals surface area contributed by atoms with E-state index in [2.05, 4.69) is 10.3 Å². The summed E-state index contributed by atoms with van der Waals surface area (Å²) in [5.74, 6) is -1.39. The van der Waals surface area contributed by atoms with E-state index in [1.165, 1.54) is 29.2 Å². The Labute approximate surface area is 208 Å². The predicted octanol–water partition coefficient (Wildman–Crippen LogP) is 6.32. The van der Waals surface area contributed by atoms with Gasteiger partial charge in [0.15, 0.2) is 17.4 Å². The topological polar surface area (TPSA) is 48.5 Å². The van der Waals surface area contributed by atoms with Crippen LogP contribution in [0, 0.1) is 31.3 Å². The highest BCUT2D eigenvalue weighted by atomic mass is 19.1. The zero-order valence-electron chi connectivity index (χ0n) is 20.2. The maximum absolute atomic E-state index is 15.3. The number of allylic oxidation sites excluding steroid dienone is 1. The summed E-state index contributed by atoms with van der Waals surface area (Å²) >= 11 is 0. The quantitative estimate of drug-likeness (QED) is 0.462. The molecule has 0 amide bonds. The molecule has 2 aliphatic heterocycles. The van der Waals surface area contributed by atoms with Crippen molar-refractivity contribution in [1.82, 2.24) is 4.98 Å². The molecule has 36 heavy (non-hydrogen) atoms. The molecular formula is C28H27F3N4O. The number of piperidine rings is 1. The number of aryl methyl sites for hydroxylation is 2. The van der Waals surface area contributed by atoms with Crippen molar-refractivity contribution in [2.75, 3.05) is 28.2 Å². The molecule has 5 nitrogen and oxygen atoms in total. The zero-order chi connectivity index (χ0) is 25.4. The molecule has 0 radical (unpaired) electrons. The second-order valence-corrected chi connectivity index (χ2v) is 9.40. The number of halogens is 3. The SMILES string of the molecule is Cc1ccc(F)c(NC2=CC(=O)Cc3cc(F)c(N4CCCCC4)nc3N2c2cc(C)ccc2F)c1. The van der Waals surface area contributed by atoms with Gasteiger partial charge in [0.25, 0.3) is 0 Å². The number of hydrogen-bond donors (Lipinski definition) is 1. The minimum Gasteiger partial charge on any atom is -0.354 e. The maximum atomic E-state index is 15.3. The van der Waals surface area contributed by atoms with Crippen molar-refractivity contribution in [2.45, 2.75) is 39.5 Å². The van der Waals surface area contributed by atoms with E-state index in [1.54, 1.807) is 24.3 Å². The van der Waals surface area contributed by atoms with E-state index in [1.807, 2.05) is 18.7 Å². The molecule has 3 heterocycles. The first-order valence-corrected chi connectivity index (χ1v) is 12.1. The second kappa shape index (κ2) is 9.68. The molecule has 1 N–H and O–H groups in total. The van der Waals surface area contributed by atoms with Crippen molar-refractivity contribution in [1.29, 1.82) is 0 Å². The first-order valence-electron chi connectivity index (χ1n) is 12.1. The number of carbonyl (C=O) groups is 1. The van der Waals surface area contributed by atoms with Crippen LogP contribution in [0.25, 0.3) is 0 Å². The van der Waals surface area contributed by atoms with Gasteiger partial charge >= 0.3 is 0 Å². The summed E-state index contributed by atoms with van der Waals surface area (Å²) in [7, 11) is 0. The van der Waals surface area contributed by atoms with E-state index >= 15 is 8.78 Å². The van der Waals surface area contributed by atoms with E-state index < -0.39 is 17.5 Å². The van der Waals surface area contributed by atoms with Gasteiger partial charge in [0, 0.05) is 31.1 Å². The van der Waals surface area contributed by atoms with Crippen molar-refractivity contribution in [3.05, 3.63) is 88.5 Å². The Hall–Kier alpha value is -3.81. The van der Waals surface area contributed by atoms with Crippen LogP contribution in [0.4, 0.5) is 36.2 Å². The summed E-state index contributed by atoms with van der Waals surface area (Å²) < 4.78 is 45.3. The zero-order valence-corrected chi connectivity index (χ0v) is 20.2. The molecule has 3 aromatic rings. The fourth-order valence-corrected chi connectivity index (χ4v) is 4.73. The molecule has 2 aliphatic rings. The number of anilines is 4. The summed E-state index contributed by atoms with van der Waals surface area (Å²) in [6.45, 7) is 4.96. The summed E-state index contributed by atoms with van der Waals surface area (Å²) in [5.41, 5.74) is 2.18. The van der Waals surface area contributed by atoms with E-state index in [-0.39, 0.29) is 41.0 Å².